The largest absolute Gasteiger partial charge is 0.398 e. The lowest BCUT2D eigenvalue weighted by Gasteiger charge is -2.02. The third-order valence-electron chi connectivity index (χ3n) is 2.98. The zero-order valence-electron chi connectivity index (χ0n) is 12.1. The second kappa shape index (κ2) is 6.21. The number of rotatable bonds is 1. The molecular formula is C16H20N4. The standard InChI is InChI=1S/C14H13N3.C2H7N/c1-10-14(11-6-2-3-7-12(11)15)16-13-8-4-5-9-17(10)13;1-3-2/h2-9H,15H2,1H3;3H,1-2H3. The molecule has 0 fully saturated rings. The maximum absolute atomic E-state index is 5.99. The molecule has 0 amide bonds. The van der Waals surface area contributed by atoms with Crippen LogP contribution >= 0.6 is 0 Å². The molecule has 3 N–H and O–H groups in total. The van der Waals surface area contributed by atoms with E-state index in [-0.39, 0.29) is 0 Å². The number of nitrogens with two attached hydrogens (primary N) is 1. The monoisotopic (exact) mass is 268 g/mol. The minimum absolute atomic E-state index is 0.763. The fraction of sp³-hybridized carbons (Fsp3) is 0.188. The van der Waals surface area contributed by atoms with E-state index in [2.05, 4.69) is 21.6 Å². The van der Waals surface area contributed by atoms with Crippen molar-refractivity contribution in [1.29, 1.82) is 0 Å². The molecule has 3 rings (SSSR count). The molecule has 3 aromatic rings. The third kappa shape index (κ3) is 2.65. The number of fused-ring (bicyclic) bond motifs is 1. The van der Waals surface area contributed by atoms with Crippen molar-refractivity contribution >= 4 is 11.3 Å². The van der Waals surface area contributed by atoms with Gasteiger partial charge in [-0.1, -0.05) is 24.3 Å². The van der Waals surface area contributed by atoms with Crippen molar-refractivity contribution in [1.82, 2.24) is 14.7 Å². The predicted molar refractivity (Wildman–Crippen MR) is 84.8 cm³/mol. The molecule has 4 heteroatoms. The van der Waals surface area contributed by atoms with Crippen molar-refractivity contribution in [3.8, 4) is 11.3 Å². The van der Waals surface area contributed by atoms with Gasteiger partial charge in [0, 0.05) is 23.1 Å². The van der Waals surface area contributed by atoms with E-state index in [4.69, 9.17) is 5.73 Å². The van der Waals surface area contributed by atoms with E-state index in [1.807, 2.05) is 62.8 Å². The van der Waals surface area contributed by atoms with Gasteiger partial charge in [-0.25, -0.2) is 4.98 Å². The summed E-state index contributed by atoms with van der Waals surface area (Å²) in [6.45, 7) is 2.06. The maximum atomic E-state index is 5.99. The minimum Gasteiger partial charge on any atom is -0.398 e. The molecule has 104 valence electrons. The maximum Gasteiger partial charge on any atom is 0.137 e. The fourth-order valence-electron chi connectivity index (χ4n) is 2.09. The Balaban J connectivity index is 0.000000452. The van der Waals surface area contributed by atoms with Gasteiger partial charge in [0.1, 0.15) is 5.65 Å². The first-order valence-electron chi connectivity index (χ1n) is 6.56. The SMILES string of the molecule is CNC.Cc1c(-c2ccccc2N)nc2ccccn12. The summed E-state index contributed by atoms with van der Waals surface area (Å²) in [6, 6.07) is 13.8. The van der Waals surface area contributed by atoms with E-state index in [9.17, 15) is 0 Å². The van der Waals surface area contributed by atoms with Gasteiger partial charge in [0.2, 0.25) is 0 Å². The number of benzene rings is 1. The molecule has 4 nitrogen and oxygen atoms in total. The van der Waals surface area contributed by atoms with Gasteiger partial charge in [-0.05, 0) is 39.2 Å². The van der Waals surface area contributed by atoms with Crippen LogP contribution in [0.25, 0.3) is 16.9 Å². The van der Waals surface area contributed by atoms with Crippen LogP contribution < -0.4 is 11.1 Å². The number of pyridine rings is 1. The Bertz CT molecular complexity index is 701. The average molecular weight is 268 g/mol. The number of anilines is 1. The first-order valence-corrected chi connectivity index (χ1v) is 6.56. The molecule has 0 aliphatic rings. The van der Waals surface area contributed by atoms with E-state index in [0.717, 1.165) is 28.3 Å². The molecule has 1 aromatic carbocycles. The van der Waals surface area contributed by atoms with Crippen LogP contribution in [0.15, 0.2) is 48.7 Å². The van der Waals surface area contributed by atoms with E-state index >= 15 is 0 Å². The van der Waals surface area contributed by atoms with Crippen LogP contribution in [-0.4, -0.2) is 23.5 Å². The number of aromatic nitrogens is 2. The Morgan fingerprint density at radius 1 is 1.05 bits per heavy atom. The van der Waals surface area contributed by atoms with Crippen LogP contribution in [-0.2, 0) is 0 Å². The molecule has 0 atom stereocenters. The molecule has 20 heavy (non-hydrogen) atoms. The predicted octanol–water partition coefficient (Wildman–Crippen LogP) is 2.73. The zero-order valence-corrected chi connectivity index (χ0v) is 12.1. The van der Waals surface area contributed by atoms with Crippen LogP contribution in [0.2, 0.25) is 0 Å². The highest BCUT2D eigenvalue weighted by Gasteiger charge is 2.11. The third-order valence-corrected chi connectivity index (χ3v) is 2.98. The van der Waals surface area contributed by atoms with Crippen molar-refractivity contribution in [3.05, 3.63) is 54.4 Å². The van der Waals surface area contributed by atoms with Crippen molar-refractivity contribution in [2.24, 2.45) is 0 Å². The Morgan fingerprint density at radius 2 is 1.70 bits per heavy atom. The molecule has 0 bridgehead atoms. The summed E-state index contributed by atoms with van der Waals surface area (Å²) in [4.78, 5) is 4.63. The number of imidazole rings is 1. The Morgan fingerprint density at radius 3 is 2.35 bits per heavy atom. The molecule has 2 heterocycles. The van der Waals surface area contributed by atoms with Gasteiger partial charge in [0.15, 0.2) is 0 Å². The van der Waals surface area contributed by atoms with Crippen molar-refractivity contribution < 1.29 is 0 Å². The Hall–Kier alpha value is -2.33. The van der Waals surface area contributed by atoms with Gasteiger partial charge in [-0.2, -0.15) is 0 Å². The fourth-order valence-corrected chi connectivity index (χ4v) is 2.09. The molecule has 2 aromatic heterocycles. The molecule has 0 radical (unpaired) electrons. The Kier molecular flexibility index (Phi) is 4.38. The number of nitrogens with one attached hydrogen (secondary N) is 1. The number of aryl methyl sites for hydroxylation is 1. The van der Waals surface area contributed by atoms with Gasteiger partial charge in [-0.3, -0.25) is 0 Å². The lowest BCUT2D eigenvalue weighted by Crippen LogP contribution is -1.91. The minimum atomic E-state index is 0.763. The molecule has 0 saturated heterocycles. The molecule has 0 aliphatic carbocycles. The highest BCUT2D eigenvalue weighted by molar-refractivity contribution is 5.76. The molecule has 0 unspecified atom stereocenters. The van der Waals surface area contributed by atoms with Crippen LogP contribution in [0.4, 0.5) is 5.69 Å². The smallest absolute Gasteiger partial charge is 0.137 e. The highest BCUT2D eigenvalue weighted by Crippen LogP contribution is 2.28. The zero-order chi connectivity index (χ0) is 14.5. The summed E-state index contributed by atoms with van der Waals surface area (Å²) in [5, 5.41) is 2.75. The number of nitrogens with zero attached hydrogens (tertiary/aromatic N) is 2. The molecular weight excluding hydrogens is 248 g/mol. The van der Waals surface area contributed by atoms with E-state index in [1.54, 1.807) is 0 Å². The van der Waals surface area contributed by atoms with Crippen LogP contribution in [0, 0.1) is 6.92 Å². The summed E-state index contributed by atoms with van der Waals surface area (Å²) in [7, 11) is 3.75. The number of hydrogen-bond acceptors (Lipinski definition) is 3. The van der Waals surface area contributed by atoms with E-state index in [0.29, 0.717) is 0 Å². The Labute approximate surface area is 119 Å². The topological polar surface area (TPSA) is 55.3 Å². The van der Waals surface area contributed by atoms with Crippen LogP contribution in [0.5, 0.6) is 0 Å². The number of para-hydroxylation sites is 1. The van der Waals surface area contributed by atoms with Gasteiger partial charge >= 0.3 is 0 Å². The first-order chi connectivity index (χ1) is 9.69. The van der Waals surface area contributed by atoms with Crippen LogP contribution in [0.1, 0.15) is 5.69 Å². The average Bonchev–Trinajstić information content (AvgIpc) is 2.78. The summed E-state index contributed by atoms with van der Waals surface area (Å²) >= 11 is 0. The molecule has 0 saturated carbocycles. The lowest BCUT2D eigenvalue weighted by atomic mass is 10.1. The van der Waals surface area contributed by atoms with Crippen molar-refractivity contribution in [2.45, 2.75) is 6.92 Å². The normalized spacial score (nSPS) is 10.2. The second-order valence-corrected chi connectivity index (χ2v) is 4.56. The van der Waals surface area contributed by atoms with Crippen molar-refractivity contribution in [2.75, 3.05) is 19.8 Å². The van der Waals surface area contributed by atoms with Crippen molar-refractivity contribution in [3.63, 3.8) is 0 Å². The summed E-state index contributed by atoms with van der Waals surface area (Å²) in [5.41, 5.74) is 10.8. The number of hydrogen-bond donors (Lipinski definition) is 2. The summed E-state index contributed by atoms with van der Waals surface area (Å²) in [6.07, 6.45) is 2.01. The summed E-state index contributed by atoms with van der Waals surface area (Å²) < 4.78 is 2.07. The van der Waals surface area contributed by atoms with Gasteiger partial charge in [-0.15, -0.1) is 0 Å². The van der Waals surface area contributed by atoms with Gasteiger partial charge in [0.05, 0.1) is 5.69 Å². The van der Waals surface area contributed by atoms with E-state index in [1.165, 1.54) is 0 Å². The highest BCUT2D eigenvalue weighted by atomic mass is 15.0. The molecule has 0 spiro atoms. The second-order valence-electron chi connectivity index (χ2n) is 4.56. The van der Waals surface area contributed by atoms with Gasteiger partial charge < -0.3 is 15.5 Å². The first kappa shape index (κ1) is 14.1. The van der Waals surface area contributed by atoms with Gasteiger partial charge in [0.25, 0.3) is 0 Å². The summed E-state index contributed by atoms with van der Waals surface area (Å²) in [5.74, 6) is 0. The quantitative estimate of drug-likeness (QED) is 0.667. The number of nitrogen functional groups attached to an aromatic ring is 1. The van der Waals surface area contributed by atoms with E-state index < -0.39 is 0 Å². The van der Waals surface area contributed by atoms with Crippen LogP contribution in [0.3, 0.4) is 0 Å². The lowest BCUT2D eigenvalue weighted by molar-refractivity contribution is 1.02. The molecule has 0 aliphatic heterocycles.